The monoisotopic (exact) mass is 244 g/mol. The van der Waals surface area contributed by atoms with E-state index in [0.29, 0.717) is 25.9 Å². The molecule has 0 rings (SSSR count). The molecular weight excluding hydrogens is 220 g/mol. The summed E-state index contributed by atoms with van der Waals surface area (Å²) in [4.78, 5) is 21.7. The first kappa shape index (κ1) is 15.9. The van der Waals surface area contributed by atoms with Crippen LogP contribution < -0.4 is 11.1 Å². The number of nitrogens with one attached hydrogen (secondary N) is 1. The molecule has 1 amide bonds. The maximum absolute atomic E-state index is 11.5. The van der Waals surface area contributed by atoms with Gasteiger partial charge in [-0.05, 0) is 25.3 Å². The lowest BCUT2D eigenvalue weighted by atomic mass is 10.0. The van der Waals surface area contributed by atoms with Crippen LogP contribution in [0, 0.1) is 5.92 Å². The molecule has 0 fully saturated rings. The molecule has 5 nitrogen and oxygen atoms in total. The Labute approximate surface area is 103 Å². The highest BCUT2D eigenvalue weighted by molar-refractivity contribution is 5.76. The average molecular weight is 244 g/mol. The molecule has 5 heteroatoms. The van der Waals surface area contributed by atoms with E-state index in [4.69, 9.17) is 10.8 Å². The molecule has 0 aromatic rings. The number of amides is 1. The Kier molecular flexibility index (Phi) is 9.43. The van der Waals surface area contributed by atoms with Gasteiger partial charge in [-0.15, -0.1) is 0 Å². The Bertz CT molecular complexity index is 228. The summed E-state index contributed by atoms with van der Waals surface area (Å²) in [6.45, 7) is 3.19. The molecule has 0 aromatic carbocycles. The van der Waals surface area contributed by atoms with Crippen LogP contribution in [0.25, 0.3) is 0 Å². The fourth-order valence-corrected chi connectivity index (χ4v) is 1.53. The van der Waals surface area contributed by atoms with Crippen molar-refractivity contribution in [1.29, 1.82) is 0 Å². The van der Waals surface area contributed by atoms with E-state index >= 15 is 0 Å². The Morgan fingerprint density at radius 2 is 2.00 bits per heavy atom. The first-order chi connectivity index (χ1) is 8.10. The summed E-state index contributed by atoms with van der Waals surface area (Å²) >= 11 is 0. The van der Waals surface area contributed by atoms with Gasteiger partial charge in [0.25, 0.3) is 0 Å². The molecule has 17 heavy (non-hydrogen) atoms. The van der Waals surface area contributed by atoms with Crippen LogP contribution in [0.3, 0.4) is 0 Å². The topological polar surface area (TPSA) is 92.4 Å². The van der Waals surface area contributed by atoms with Crippen molar-refractivity contribution in [3.8, 4) is 0 Å². The minimum atomic E-state index is -0.761. The van der Waals surface area contributed by atoms with E-state index in [1.165, 1.54) is 0 Å². The van der Waals surface area contributed by atoms with Crippen LogP contribution >= 0.6 is 0 Å². The molecule has 0 saturated carbocycles. The Morgan fingerprint density at radius 3 is 2.53 bits per heavy atom. The number of hydrogen-bond donors (Lipinski definition) is 3. The van der Waals surface area contributed by atoms with Gasteiger partial charge in [-0.25, -0.2) is 0 Å². The summed E-state index contributed by atoms with van der Waals surface area (Å²) in [5.41, 5.74) is 5.52. The smallest absolute Gasteiger partial charge is 0.303 e. The van der Waals surface area contributed by atoms with Crippen molar-refractivity contribution in [2.75, 3.05) is 13.1 Å². The molecular formula is C12H24N2O3. The van der Waals surface area contributed by atoms with Crippen LogP contribution in [-0.4, -0.2) is 30.1 Å². The number of carboxylic acids is 1. The average Bonchev–Trinajstić information content (AvgIpc) is 2.30. The number of unbranched alkanes of at least 4 members (excludes halogenated alkanes) is 2. The molecule has 0 aliphatic carbocycles. The SMILES string of the molecule is CCC(CN)CC(=O)NCCCCCC(=O)O. The van der Waals surface area contributed by atoms with E-state index in [1.807, 2.05) is 6.92 Å². The van der Waals surface area contributed by atoms with E-state index in [9.17, 15) is 9.59 Å². The molecule has 100 valence electrons. The highest BCUT2D eigenvalue weighted by Gasteiger charge is 2.09. The van der Waals surface area contributed by atoms with Crippen molar-refractivity contribution in [3.63, 3.8) is 0 Å². The summed E-state index contributed by atoms with van der Waals surface area (Å²) < 4.78 is 0. The predicted molar refractivity (Wildman–Crippen MR) is 66.6 cm³/mol. The molecule has 1 unspecified atom stereocenters. The molecule has 1 atom stereocenters. The van der Waals surface area contributed by atoms with Crippen molar-refractivity contribution in [2.24, 2.45) is 11.7 Å². The number of rotatable bonds is 10. The zero-order chi connectivity index (χ0) is 13.1. The highest BCUT2D eigenvalue weighted by atomic mass is 16.4. The van der Waals surface area contributed by atoms with E-state index in [1.54, 1.807) is 0 Å². The normalized spacial score (nSPS) is 12.1. The fourth-order valence-electron chi connectivity index (χ4n) is 1.53. The summed E-state index contributed by atoms with van der Waals surface area (Å²) in [7, 11) is 0. The largest absolute Gasteiger partial charge is 0.481 e. The second-order valence-corrected chi connectivity index (χ2v) is 4.27. The number of carboxylic acid groups (broad SMARTS) is 1. The van der Waals surface area contributed by atoms with Gasteiger partial charge in [0.05, 0.1) is 0 Å². The number of carbonyl (C=O) groups excluding carboxylic acids is 1. The van der Waals surface area contributed by atoms with Gasteiger partial charge in [0.15, 0.2) is 0 Å². The van der Waals surface area contributed by atoms with Crippen molar-refractivity contribution < 1.29 is 14.7 Å². The zero-order valence-corrected chi connectivity index (χ0v) is 10.6. The quantitative estimate of drug-likeness (QED) is 0.502. The van der Waals surface area contributed by atoms with Crippen LogP contribution in [0.15, 0.2) is 0 Å². The number of aliphatic carboxylic acids is 1. The molecule has 0 saturated heterocycles. The van der Waals surface area contributed by atoms with E-state index in [-0.39, 0.29) is 18.2 Å². The van der Waals surface area contributed by atoms with E-state index in [0.717, 1.165) is 19.3 Å². The fraction of sp³-hybridized carbons (Fsp3) is 0.833. The summed E-state index contributed by atoms with van der Waals surface area (Å²) in [6, 6.07) is 0. The van der Waals surface area contributed by atoms with Gasteiger partial charge in [-0.1, -0.05) is 19.8 Å². The van der Waals surface area contributed by atoms with Crippen molar-refractivity contribution >= 4 is 11.9 Å². The van der Waals surface area contributed by atoms with Crippen LogP contribution in [0.1, 0.15) is 45.4 Å². The molecule has 0 radical (unpaired) electrons. The Hall–Kier alpha value is -1.10. The molecule has 0 bridgehead atoms. The van der Waals surface area contributed by atoms with E-state index < -0.39 is 5.97 Å². The maximum atomic E-state index is 11.5. The Balaban J connectivity index is 3.42. The van der Waals surface area contributed by atoms with Crippen molar-refractivity contribution in [2.45, 2.75) is 45.4 Å². The van der Waals surface area contributed by atoms with Gasteiger partial charge in [-0.3, -0.25) is 9.59 Å². The predicted octanol–water partition coefficient (Wildman–Crippen LogP) is 1.12. The van der Waals surface area contributed by atoms with Gasteiger partial charge >= 0.3 is 5.97 Å². The highest BCUT2D eigenvalue weighted by Crippen LogP contribution is 2.05. The first-order valence-electron chi connectivity index (χ1n) is 6.28. The molecule has 0 aliphatic heterocycles. The molecule has 0 spiro atoms. The molecule has 0 heterocycles. The second kappa shape index (κ2) is 10.1. The van der Waals surface area contributed by atoms with Gasteiger partial charge < -0.3 is 16.2 Å². The van der Waals surface area contributed by atoms with Crippen LogP contribution in [0.5, 0.6) is 0 Å². The Morgan fingerprint density at radius 1 is 1.29 bits per heavy atom. The number of hydrogen-bond acceptors (Lipinski definition) is 3. The third kappa shape index (κ3) is 9.81. The van der Waals surface area contributed by atoms with Crippen molar-refractivity contribution in [1.82, 2.24) is 5.32 Å². The zero-order valence-electron chi connectivity index (χ0n) is 10.6. The lowest BCUT2D eigenvalue weighted by molar-refractivity contribution is -0.137. The van der Waals surface area contributed by atoms with Gasteiger partial charge in [0, 0.05) is 19.4 Å². The van der Waals surface area contributed by atoms with Gasteiger partial charge in [0.2, 0.25) is 5.91 Å². The van der Waals surface area contributed by atoms with Crippen LogP contribution in [-0.2, 0) is 9.59 Å². The van der Waals surface area contributed by atoms with Crippen LogP contribution in [0.2, 0.25) is 0 Å². The maximum Gasteiger partial charge on any atom is 0.303 e. The van der Waals surface area contributed by atoms with Crippen molar-refractivity contribution in [3.05, 3.63) is 0 Å². The minimum absolute atomic E-state index is 0.0422. The first-order valence-corrected chi connectivity index (χ1v) is 6.28. The molecule has 4 N–H and O–H groups in total. The minimum Gasteiger partial charge on any atom is -0.481 e. The number of carbonyl (C=O) groups is 2. The number of nitrogens with two attached hydrogens (primary N) is 1. The third-order valence-corrected chi connectivity index (χ3v) is 2.77. The lowest BCUT2D eigenvalue weighted by Gasteiger charge is -2.11. The second-order valence-electron chi connectivity index (χ2n) is 4.27. The standard InChI is InChI=1S/C12H24N2O3/c1-2-10(9-13)8-11(15)14-7-5-3-4-6-12(16)17/h10H,2-9,13H2,1H3,(H,14,15)(H,16,17). The van der Waals surface area contributed by atoms with E-state index in [2.05, 4.69) is 5.32 Å². The van der Waals surface area contributed by atoms with Gasteiger partial charge in [0.1, 0.15) is 0 Å². The molecule has 0 aliphatic rings. The van der Waals surface area contributed by atoms with Gasteiger partial charge in [-0.2, -0.15) is 0 Å². The third-order valence-electron chi connectivity index (χ3n) is 2.77. The summed E-state index contributed by atoms with van der Waals surface area (Å²) in [5.74, 6) is -0.453. The summed E-state index contributed by atoms with van der Waals surface area (Å²) in [5, 5.41) is 11.3. The van der Waals surface area contributed by atoms with Crippen LogP contribution in [0.4, 0.5) is 0 Å². The molecule has 0 aromatic heterocycles. The summed E-state index contributed by atoms with van der Waals surface area (Å²) in [6.07, 6.45) is 3.95. The lowest BCUT2D eigenvalue weighted by Crippen LogP contribution is -2.28.